The Hall–Kier alpha value is -2.56. The van der Waals surface area contributed by atoms with Crippen LogP contribution in [0.3, 0.4) is 0 Å². The SMILES string of the molecule is CC(=O)ONC(N)=NN=Cc1cc([N+](=O)[O-])c(Br)cc1F. The molecule has 0 bridgehead atoms. The quantitative estimate of drug-likeness (QED) is 0.360. The lowest BCUT2D eigenvalue weighted by atomic mass is 10.2. The maximum absolute atomic E-state index is 13.6. The van der Waals surface area contributed by atoms with E-state index in [0.717, 1.165) is 25.3 Å². The van der Waals surface area contributed by atoms with Gasteiger partial charge in [-0.15, -0.1) is 5.10 Å². The van der Waals surface area contributed by atoms with Gasteiger partial charge in [-0.05, 0) is 22.0 Å². The average Bonchev–Trinajstić information content (AvgIpc) is 2.38. The van der Waals surface area contributed by atoms with Crippen LogP contribution in [0.15, 0.2) is 26.8 Å². The van der Waals surface area contributed by atoms with Crippen LogP contribution < -0.4 is 11.2 Å². The fourth-order valence-electron chi connectivity index (χ4n) is 1.09. The van der Waals surface area contributed by atoms with Crippen molar-refractivity contribution in [1.82, 2.24) is 5.48 Å². The molecule has 0 radical (unpaired) electrons. The van der Waals surface area contributed by atoms with E-state index in [1.807, 2.05) is 5.48 Å². The number of hydrogen-bond acceptors (Lipinski definition) is 6. The summed E-state index contributed by atoms with van der Waals surface area (Å²) in [6.45, 7) is 1.14. The van der Waals surface area contributed by atoms with Crippen molar-refractivity contribution in [3.63, 3.8) is 0 Å². The van der Waals surface area contributed by atoms with E-state index in [-0.39, 0.29) is 21.7 Å². The Balaban J connectivity index is 2.90. The highest BCUT2D eigenvalue weighted by Crippen LogP contribution is 2.27. The molecule has 0 aliphatic heterocycles. The van der Waals surface area contributed by atoms with E-state index in [1.165, 1.54) is 0 Å². The van der Waals surface area contributed by atoms with Gasteiger partial charge in [-0.3, -0.25) is 14.9 Å². The molecule has 3 N–H and O–H groups in total. The number of nitrogens with two attached hydrogens (primary N) is 1. The normalized spacial score (nSPS) is 11.5. The van der Waals surface area contributed by atoms with Gasteiger partial charge in [-0.1, -0.05) is 0 Å². The van der Waals surface area contributed by atoms with Gasteiger partial charge in [0.2, 0.25) is 5.96 Å². The topological polar surface area (TPSA) is 132 Å². The van der Waals surface area contributed by atoms with Crippen molar-refractivity contribution >= 4 is 39.8 Å². The van der Waals surface area contributed by atoms with Crippen molar-refractivity contribution < 1.29 is 18.9 Å². The first-order valence-corrected chi connectivity index (χ1v) is 6.04. The van der Waals surface area contributed by atoms with Gasteiger partial charge in [0, 0.05) is 18.6 Å². The van der Waals surface area contributed by atoms with Crippen LogP contribution in [-0.2, 0) is 9.63 Å². The number of guanidine groups is 1. The van der Waals surface area contributed by atoms with Gasteiger partial charge in [0.1, 0.15) is 5.82 Å². The number of nitro benzene ring substituents is 1. The standard InChI is InChI=1S/C10H9BrFN5O4/c1-5(18)21-16-10(13)15-14-4-6-2-9(17(19)20)7(11)3-8(6)12/h2-4H,1H3,(H3,13,15,16). The second-order valence-electron chi connectivity index (χ2n) is 3.51. The minimum absolute atomic E-state index is 0.00156. The van der Waals surface area contributed by atoms with Crippen molar-refractivity contribution in [2.24, 2.45) is 15.9 Å². The molecule has 0 saturated heterocycles. The van der Waals surface area contributed by atoms with Crippen LogP contribution in [0, 0.1) is 15.9 Å². The molecule has 0 aliphatic rings. The Morgan fingerprint density at radius 1 is 1.62 bits per heavy atom. The second-order valence-corrected chi connectivity index (χ2v) is 4.36. The lowest BCUT2D eigenvalue weighted by Crippen LogP contribution is -2.32. The summed E-state index contributed by atoms with van der Waals surface area (Å²) in [4.78, 5) is 24.8. The van der Waals surface area contributed by atoms with Crippen LogP contribution in [0.5, 0.6) is 0 Å². The van der Waals surface area contributed by atoms with Crippen molar-refractivity contribution in [2.45, 2.75) is 6.92 Å². The van der Waals surface area contributed by atoms with E-state index in [1.54, 1.807) is 0 Å². The molecule has 0 amide bonds. The number of carbonyl (C=O) groups excluding carboxylic acids is 1. The number of benzene rings is 1. The van der Waals surface area contributed by atoms with Crippen LogP contribution in [-0.4, -0.2) is 23.1 Å². The van der Waals surface area contributed by atoms with Gasteiger partial charge >= 0.3 is 5.97 Å². The molecule has 112 valence electrons. The minimum atomic E-state index is -0.738. The number of rotatable bonds is 3. The highest BCUT2D eigenvalue weighted by Gasteiger charge is 2.15. The zero-order valence-corrected chi connectivity index (χ0v) is 12.1. The summed E-state index contributed by atoms with van der Waals surface area (Å²) in [5.74, 6) is -1.74. The van der Waals surface area contributed by atoms with E-state index in [0.29, 0.717) is 0 Å². The first-order valence-electron chi connectivity index (χ1n) is 5.24. The molecule has 0 heterocycles. The third kappa shape index (κ3) is 5.14. The average molecular weight is 362 g/mol. The smallest absolute Gasteiger partial charge is 0.329 e. The number of nitrogens with one attached hydrogen (secondary N) is 1. The molecule has 1 rings (SSSR count). The van der Waals surface area contributed by atoms with Gasteiger partial charge in [0.15, 0.2) is 0 Å². The molecular weight excluding hydrogens is 353 g/mol. The lowest BCUT2D eigenvalue weighted by Gasteiger charge is -2.01. The van der Waals surface area contributed by atoms with Gasteiger partial charge in [-0.2, -0.15) is 10.6 Å². The fraction of sp³-hybridized carbons (Fsp3) is 0.100. The third-order valence-electron chi connectivity index (χ3n) is 1.92. The summed E-state index contributed by atoms with van der Waals surface area (Å²) in [7, 11) is 0. The molecule has 0 saturated carbocycles. The van der Waals surface area contributed by atoms with Gasteiger partial charge in [0.25, 0.3) is 5.69 Å². The second kappa shape index (κ2) is 7.28. The first kappa shape index (κ1) is 16.5. The highest BCUT2D eigenvalue weighted by atomic mass is 79.9. The van der Waals surface area contributed by atoms with Gasteiger partial charge in [-0.25, -0.2) is 4.39 Å². The Bertz CT molecular complexity index is 634. The predicted molar refractivity (Wildman–Crippen MR) is 74.9 cm³/mol. The number of nitrogens with zero attached hydrogens (tertiary/aromatic N) is 3. The summed E-state index contributed by atoms with van der Waals surface area (Å²) in [6.07, 6.45) is 0.928. The maximum Gasteiger partial charge on any atom is 0.329 e. The minimum Gasteiger partial charge on any atom is -0.366 e. The molecule has 0 fully saturated rings. The lowest BCUT2D eigenvalue weighted by molar-refractivity contribution is -0.385. The zero-order chi connectivity index (χ0) is 16.0. The molecule has 0 aromatic heterocycles. The molecule has 0 unspecified atom stereocenters. The molecule has 0 atom stereocenters. The van der Waals surface area contributed by atoms with Crippen molar-refractivity contribution in [1.29, 1.82) is 0 Å². The molecule has 1 aromatic carbocycles. The van der Waals surface area contributed by atoms with Crippen molar-refractivity contribution in [3.8, 4) is 0 Å². The molecule has 0 spiro atoms. The van der Waals surface area contributed by atoms with Crippen molar-refractivity contribution in [2.75, 3.05) is 0 Å². The molecule has 11 heteroatoms. The van der Waals surface area contributed by atoms with Gasteiger partial charge < -0.3 is 10.6 Å². The molecule has 21 heavy (non-hydrogen) atoms. The summed E-state index contributed by atoms with van der Waals surface area (Å²) in [5.41, 5.74) is 6.76. The Labute approximate surface area is 125 Å². The van der Waals surface area contributed by atoms with Crippen LogP contribution in [0.1, 0.15) is 12.5 Å². The van der Waals surface area contributed by atoms with E-state index in [4.69, 9.17) is 5.73 Å². The Morgan fingerprint density at radius 3 is 2.86 bits per heavy atom. The molecule has 9 nitrogen and oxygen atoms in total. The van der Waals surface area contributed by atoms with Crippen molar-refractivity contribution in [3.05, 3.63) is 38.1 Å². The summed E-state index contributed by atoms with van der Waals surface area (Å²) < 4.78 is 13.6. The molecule has 0 aliphatic carbocycles. The Morgan fingerprint density at radius 2 is 2.29 bits per heavy atom. The van der Waals surface area contributed by atoms with Gasteiger partial charge in [0.05, 0.1) is 15.6 Å². The number of hydroxylamine groups is 1. The third-order valence-corrected chi connectivity index (χ3v) is 2.56. The summed E-state index contributed by atoms with van der Waals surface area (Å²) >= 11 is 2.88. The fourth-order valence-corrected chi connectivity index (χ4v) is 1.55. The van der Waals surface area contributed by atoms with E-state index >= 15 is 0 Å². The van der Waals surface area contributed by atoms with Crippen LogP contribution in [0.2, 0.25) is 0 Å². The maximum atomic E-state index is 13.6. The summed E-state index contributed by atoms with van der Waals surface area (Å²) in [6, 6.07) is 1.91. The Kier molecular flexibility index (Phi) is 5.72. The number of carbonyl (C=O) groups is 1. The van der Waals surface area contributed by atoms with E-state index in [9.17, 15) is 19.3 Å². The number of nitro groups is 1. The number of hydrogen-bond donors (Lipinski definition) is 2. The number of halogens is 2. The molecule has 1 aromatic rings. The van der Waals surface area contributed by atoms with Crippen LogP contribution >= 0.6 is 15.9 Å². The first-order chi connectivity index (χ1) is 9.81. The van der Waals surface area contributed by atoms with Crippen LogP contribution in [0.4, 0.5) is 10.1 Å². The summed E-state index contributed by atoms with van der Waals surface area (Å²) in [5, 5.41) is 17.5. The largest absolute Gasteiger partial charge is 0.366 e. The van der Waals surface area contributed by atoms with E-state index < -0.39 is 16.7 Å². The molecular formula is C10H9BrFN5O4. The zero-order valence-electron chi connectivity index (χ0n) is 10.5. The van der Waals surface area contributed by atoms with E-state index in [2.05, 4.69) is 31.0 Å². The highest BCUT2D eigenvalue weighted by molar-refractivity contribution is 9.10. The monoisotopic (exact) mass is 361 g/mol. The van der Waals surface area contributed by atoms with Crippen LogP contribution in [0.25, 0.3) is 0 Å². The predicted octanol–water partition coefficient (Wildman–Crippen LogP) is 1.21.